The van der Waals surface area contributed by atoms with E-state index in [2.05, 4.69) is 79.9 Å². The minimum Gasteiger partial charge on any atom is -0.394 e. The predicted molar refractivity (Wildman–Crippen MR) is 373 cm³/mol. The standard InChI is InChI=1S/C77H139NO13/c1-3-5-7-9-11-13-15-17-19-21-23-25-27-29-30-31-32-33-34-35-37-38-40-42-44-46-48-50-52-54-56-58-60-66(81)65(64-88-76-74(87)72(85)75(68(63-80)90-76)91-77-73(86)71(84)70(83)67(62-79)89-77)78-69(82)61-59-57-55-53-51-49-47-45-43-41-39-36-28-26-24-22-20-18-16-14-12-10-8-6-4-2/h16,18,22,24,28,36,42,44,50,52,58,60,65-68,70-77,79-81,83-87H,3-15,17,19-21,23,25-27,29-35,37-41,43,45-49,51,53-57,59,61-64H2,1-2H3,(H,78,82)/b18-16-,24-22-,36-28-,44-42+,52-50+,60-58+. The van der Waals surface area contributed by atoms with Gasteiger partial charge in [-0.1, -0.05) is 299 Å². The van der Waals surface area contributed by atoms with Crippen LogP contribution in [0.3, 0.4) is 0 Å². The first kappa shape index (κ1) is 84.5. The molecule has 14 nitrogen and oxygen atoms in total. The lowest BCUT2D eigenvalue weighted by Gasteiger charge is -2.46. The van der Waals surface area contributed by atoms with Gasteiger partial charge in [0.25, 0.3) is 0 Å². The number of aliphatic hydroxyl groups excluding tert-OH is 8. The van der Waals surface area contributed by atoms with Crippen LogP contribution < -0.4 is 5.32 Å². The second kappa shape index (κ2) is 61.1. The van der Waals surface area contributed by atoms with Gasteiger partial charge in [0, 0.05) is 6.42 Å². The van der Waals surface area contributed by atoms with Gasteiger partial charge in [0.2, 0.25) is 5.91 Å². The average molecular weight is 1290 g/mol. The molecule has 0 aliphatic carbocycles. The Morgan fingerprint density at radius 2 is 0.736 bits per heavy atom. The number of hydrogen-bond acceptors (Lipinski definition) is 13. The first-order valence-corrected chi connectivity index (χ1v) is 37.7. The summed E-state index contributed by atoms with van der Waals surface area (Å²) >= 11 is 0. The zero-order valence-electron chi connectivity index (χ0n) is 57.8. The molecule has 9 N–H and O–H groups in total. The summed E-state index contributed by atoms with van der Waals surface area (Å²) in [6, 6.07) is -0.946. The van der Waals surface area contributed by atoms with E-state index in [1.54, 1.807) is 6.08 Å². The summed E-state index contributed by atoms with van der Waals surface area (Å²) in [5.74, 6) is -0.256. The highest BCUT2D eigenvalue weighted by Gasteiger charge is 2.51. The molecule has 1 amide bonds. The maximum atomic E-state index is 13.3. The second-order valence-corrected chi connectivity index (χ2v) is 26.4. The molecule has 2 aliphatic heterocycles. The van der Waals surface area contributed by atoms with Crippen molar-refractivity contribution in [2.45, 2.75) is 389 Å². The second-order valence-electron chi connectivity index (χ2n) is 26.4. The quantitative estimate of drug-likeness (QED) is 0.0204. The first-order chi connectivity index (χ1) is 44.6. The van der Waals surface area contributed by atoms with E-state index in [1.807, 2.05) is 6.08 Å². The van der Waals surface area contributed by atoms with E-state index in [0.29, 0.717) is 12.8 Å². The summed E-state index contributed by atoms with van der Waals surface area (Å²) in [5, 5.41) is 87.5. The van der Waals surface area contributed by atoms with Gasteiger partial charge in [-0.15, -0.1) is 0 Å². The van der Waals surface area contributed by atoms with E-state index >= 15 is 0 Å². The third kappa shape index (κ3) is 44.7. The normalized spacial score (nSPS) is 23.2. The van der Waals surface area contributed by atoms with Crippen molar-refractivity contribution in [1.29, 1.82) is 0 Å². The molecular formula is C77H139NO13. The molecule has 2 fully saturated rings. The smallest absolute Gasteiger partial charge is 0.220 e. The van der Waals surface area contributed by atoms with Crippen molar-refractivity contribution in [1.82, 2.24) is 5.32 Å². The highest BCUT2D eigenvalue weighted by molar-refractivity contribution is 5.76. The van der Waals surface area contributed by atoms with Gasteiger partial charge in [0.15, 0.2) is 12.6 Å². The van der Waals surface area contributed by atoms with Crippen molar-refractivity contribution >= 4 is 5.91 Å². The number of amides is 1. The zero-order valence-corrected chi connectivity index (χ0v) is 57.8. The largest absolute Gasteiger partial charge is 0.394 e. The van der Waals surface area contributed by atoms with Gasteiger partial charge in [-0.3, -0.25) is 4.79 Å². The number of ether oxygens (including phenoxy) is 4. The summed E-state index contributed by atoms with van der Waals surface area (Å²) in [5.41, 5.74) is 0. The summed E-state index contributed by atoms with van der Waals surface area (Å²) in [6.45, 7) is 2.80. The Bertz CT molecular complexity index is 1800. The Hall–Kier alpha value is -2.57. The van der Waals surface area contributed by atoms with Crippen LogP contribution in [0.25, 0.3) is 0 Å². The van der Waals surface area contributed by atoms with Gasteiger partial charge in [0.05, 0.1) is 32.0 Å². The fourth-order valence-corrected chi connectivity index (χ4v) is 12.1. The molecule has 530 valence electrons. The van der Waals surface area contributed by atoms with Gasteiger partial charge in [-0.05, 0) is 83.5 Å². The first-order valence-electron chi connectivity index (χ1n) is 37.7. The Labute approximate surface area is 555 Å². The van der Waals surface area contributed by atoms with Crippen LogP contribution in [-0.2, 0) is 23.7 Å². The number of carbonyl (C=O) groups excluding carboxylic acids is 1. The molecule has 2 heterocycles. The number of nitrogens with one attached hydrogen (secondary N) is 1. The monoisotopic (exact) mass is 1290 g/mol. The van der Waals surface area contributed by atoms with Crippen LogP contribution in [0.5, 0.6) is 0 Å². The van der Waals surface area contributed by atoms with Crippen molar-refractivity contribution in [2.24, 2.45) is 0 Å². The molecule has 2 saturated heterocycles. The van der Waals surface area contributed by atoms with Crippen LogP contribution in [0.2, 0.25) is 0 Å². The van der Waals surface area contributed by atoms with Crippen molar-refractivity contribution < 1.29 is 64.6 Å². The minimum absolute atomic E-state index is 0.256. The summed E-state index contributed by atoms with van der Waals surface area (Å²) in [4.78, 5) is 13.3. The molecule has 14 heteroatoms. The topological polar surface area (TPSA) is 228 Å². The van der Waals surface area contributed by atoms with Crippen molar-refractivity contribution in [3.8, 4) is 0 Å². The van der Waals surface area contributed by atoms with Crippen LogP contribution in [0, 0.1) is 0 Å². The molecule has 0 bridgehead atoms. The SMILES string of the molecule is CCCCCCC/C=C\C/C=C\C/C=C\CCCCCCCCCCCCC(=O)NC(COC1OC(CO)C(OC2OC(CO)C(O)C(O)C2O)C(O)C1O)C(O)/C=C/CC/C=C/CC/C=C/CCCCCCCCCCCCCCCCCCCCCCCC. The number of unbranched alkanes of at least 4 members (excludes halogenated alkanes) is 39. The van der Waals surface area contributed by atoms with E-state index in [9.17, 15) is 45.6 Å². The zero-order chi connectivity index (χ0) is 65.9. The van der Waals surface area contributed by atoms with E-state index in [4.69, 9.17) is 18.9 Å². The third-order valence-electron chi connectivity index (χ3n) is 18.1. The van der Waals surface area contributed by atoms with Gasteiger partial charge >= 0.3 is 0 Å². The molecule has 0 saturated carbocycles. The highest BCUT2D eigenvalue weighted by atomic mass is 16.7. The molecule has 0 aromatic carbocycles. The molecule has 12 unspecified atom stereocenters. The van der Waals surface area contributed by atoms with Crippen molar-refractivity contribution in [3.63, 3.8) is 0 Å². The molecule has 0 spiro atoms. The van der Waals surface area contributed by atoms with E-state index < -0.39 is 86.8 Å². The Balaban J connectivity index is 1.68. The van der Waals surface area contributed by atoms with Gasteiger partial charge < -0.3 is 65.1 Å². The van der Waals surface area contributed by atoms with E-state index in [1.165, 1.54) is 218 Å². The minimum atomic E-state index is -1.80. The molecule has 2 aliphatic rings. The predicted octanol–water partition coefficient (Wildman–Crippen LogP) is 16.2. The lowest BCUT2D eigenvalue weighted by molar-refractivity contribution is -0.359. The average Bonchev–Trinajstić information content (AvgIpc) is 1.15. The number of allylic oxidation sites excluding steroid dienone is 11. The molecule has 12 atom stereocenters. The lowest BCUT2D eigenvalue weighted by Crippen LogP contribution is -2.65. The highest BCUT2D eigenvalue weighted by Crippen LogP contribution is 2.30. The van der Waals surface area contributed by atoms with Crippen LogP contribution in [-0.4, -0.2) is 140 Å². The molecule has 0 radical (unpaired) electrons. The summed E-state index contributed by atoms with van der Waals surface area (Å²) < 4.78 is 22.9. The van der Waals surface area contributed by atoms with Gasteiger partial charge in [-0.25, -0.2) is 0 Å². The van der Waals surface area contributed by atoms with Gasteiger partial charge in [-0.2, -0.15) is 0 Å². The maximum absolute atomic E-state index is 13.3. The molecule has 0 aromatic heterocycles. The number of aliphatic hydroxyl groups is 8. The summed E-state index contributed by atoms with van der Waals surface area (Å²) in [7, 11) is 0. The molecular weight excluding hydrogens is 1150 g/mol. The van der Waals surface area contributed by atoms with Crippen LogP contribution in [0.1, 0.15) is 316 Å². The molecule has 91 heavy (non-hydrogen) atoms. The van der Waals surface area contributed by atoms with Crippen molar-refractivity contribution in [3.05, 3.63) is 72.9 Å². The molecule has 2 rings (SSSR count). The third-order valence-corrected chi connectivity index (χ3v) is 18.1. The van der Waals surface area contributed by atoms with E-state index in [0.717, 1.165) is 64.2 Å². The Kier molecular flexibility index (Phi) is 56.7. The van der Waals surface area contributed by atoms with Crippen LogP contribution >= 0.6 is 0 Å². The summed E-state index contributed by atoms with van der Waals surface area (Å²) in [6.07, 6.45) is 66.9. The fourth-order valence-electron chi connectivity index (χ4n) is 12.1. The number of hydrogen-bond donors (Lipinski definition) is 9. The van der Waals surface area contributed by atoms with E-state index in [-0.39, 0.29) is 18.9 Å². The lowest BCUT2D eigenvalue weighted by atomic mass is 9.97. The number of rotatable bonds is 62. The van der Waals surface area contributed by atoms with Crippen LogP contribution in [0.4, 0.5) is 0 Å². The molecule has 0 aromatic rings. The maximum Gasteiger partial charge on any atom is 0.220 e. The van der Waals surface area contributed by atoms with Gasteiger partial charge in [0.1, 0.15) is 48.8 Å². The van der Waals surface area contributed by atoms with Crippen molar-refractivity contribution in [2.75, 3.05) is 19.8 Å². The Morgan fingerprint density at radius 3 is 1.15 bits per heavy atom. The number of carbonyl (C=O) groups is 1. The van der Waals surface area contributed by atoms with Crippen LogP contribution in [0.15, 0.2) is 72.9 Å². The fraction of sp³-hybridized carbons (Fsp3) is 0.831. The Morgan fingerprint density at radius 1 is 0.396 bits per heavy atom.